The third-order valence-electron chi connectivity index (χ3n) is 4.87. The number of rotatable bonds is 6. The average molecular weight is 507 g/mol. The summed E-state index contributed by atoms with van der Waals surface area (Å²) < 4.78 is 47.1. The van der Waals surface area contributed by atoms with Crippen LogP contribution in [0.3, 0.4) is 0 Å². The molecule has 1 aliphatic heterocycles. The summed E-state index contributed by atoms with van der Waals surface area (Å²) in [6.07, 6.45) is 1.05. The zero-order valence-electron chi connectivity index (χ0n) is 15.9. The third kappa shape index (κ3) is 4.18. The molecule has 3 aromatic rings. The van der Waals surface area contributed by atoms with Gasteiger partial charge in [-0.1, -0.05) is 15.9 Å². The Labute approximate surface area is 186 Å². The zero-order chi connectivity index (χ0) is 22.2. The van der Waals surface area contributed by atoms with Crippen LogP contribution >= 0.6 is 15.9 Å². The van der Waals surface area contributed by atoms with E-state index in [1.165, 1.54) is 30.5 Å². The van der Waals surface area contributed by atoms with Crippen LogP contribution in [0, 0.1) is 5.82 Å². The van der Waals surface area contributed by atoms with Crippen molar-refractivity contribution in [3.05, 3.63) is 83.0 Å². The SMILES string of the molecule is O=C1CC(N(Cc2ccco2)S(=O)(=O)c2ccc(Br)cc2)C(=O)N1c1ccc(F)cc1. The zero-order valence-corrected chi connectivity index (χ0v) is 18.3. The molecular weight excluding hydrogens is 491 g/mol. The number of halogens is 2. The van der Waals surface area contributed by atoms with Gasteiger partial charge in [0.25, 0.3) is 5.91 Å². The molecule has 4 rings (SSSR count). The smallest absolute Gasteiger partial charge is 0.252 e. The number of anilines is 1. The van der Waals surface area contributed by atoms with E-state index >= 15 is 0 Å². The van der Waals surface area contributed by atoms with Gasteiger partial charge in [0.1, 0.15) is 17.6 Å². The van der Waals surface area contributed by atoms with Crippen LogP contribution in [0.2, 0.25) is 0 Å². The number of carbonyl (C=O) groups is 2. The number of amides is 2. The van der Waals surface area contributed by atoms with Gasteiger partial charge in [-0.3, -0.25) is 9.59 Å². The fourth-order valence-electron chi connectivity index (χ4n) is 3.36. The van der Waals surface area contributed by atoms with Crippen LogP contribution in [0.25, 0.3) is 0 Å². The van der Waals surface area contributed by atoms with E-state index in [0.717, 1.165) is 21.3 Å². The highest BCUT2D eigenvalue weighted by Gasteiger charge is 2.47. The predicted molar refractivity (Wildman–Crippen MR) is 113 cm³/mol. The quantitative estimate of drug-likeness (QED) is 0.475. The highest BCUT2D eigenvalue weighted by atomic mass is 79.9. The maximum absolute atomic E-state index is 13.4. The van der Waals surface area contributed by atoms with Crippen LogP contribution in [-0.4, -0.2) is 30.6 Å². The first-order chi connectivity index (χ1) is 14.8. The average Bonchev–Trinajstić information content (AvgIpc) is 3.35. The van der Waals surface area contributed by atoms with E-state index in [4.69, 9.17) is 4.42 Å². The number of hydrogen-bond donors (Lipinski definition) is 0. The van der Waals surface area contributed by atoms with Gasteiger partial charge < -0.3 is 4.42 Å². The predicted octanol–water partition coefficient (Wildman–Crippen LogP) is 3.70. The molecule has 2 amide bonds. The molecule has 2 aromatic carbocycles. The molecule has 1 atom stereocenters. The fraction of sp³-hybridized carbons (Fsp3) is 0.143. The van der Waals surface area contributed by atoms with Crippen molar-refractivity contribution in [3.63, 3.8) is 0 Å². The largest absolute Gasteiger partial charge is 0.468 e. The van der Waals surface area contributed by atoms with Crippen molar-refractivity contribution >= 4 is 43.5 Å². The first kappa shape index (κ1) is 21.4. The van der Waals surface area contributed by atoms with E-state index in [1.807, 2.05) is 0 Å². The Morgan fingerprint density at radius 3 is 2.35 bits per heavy atom. The molecule has 1 aromatic heterocycles. The molecule has 1 unspecified atom stereocenters. The topological polar surface area (TPSA) is 87.9 Å². The van der Waals surface area contributed by atoms with Crippen molar-refractivity contribution in [3.8, 4) is 0 Å². The maximum atomic E-state index is 13.4. The summed E-state index contributed by atoms with van der Waals surface area (Å²) in [7, 11) is -4.15. The van der Waals surface area contributed by atoms with Crippen molar-refractivity contribution < 1.29 is 26.8 Å². The summed E-state index contributed by atoms with van der Waals surface area (Å²) in [6, 6.07) is 12.7. The molecule has 0 aliphatic carbocycles. The minimum absolute atomic E-state index is 0.0252. The van der Waals surface area contributed by atoms with Crippen molar-refractivity contribution in [1.29, 1.82) is 0 Å². The van der Waals surface area contributed by atoms with Gasteiger partial charge in [-0.05, 0) is 60.7 Å². The van der Waals surface area contributed by atoms with Crippen molar-refractivity contribution in [2.24, 2.45) is 0 Å². The molecule has 0 radical (unpaired) electrons. The highest BCUT2D eigenvalue weighted by molar-refractivity contribution is 9.10. The second-order valence-corrected chi connectivity index (χ2v) is 9.65. The Morgan fingerprint density at radius 2 is 1.74 bits per heavy atom. The minimum Gasteiger partial charge on any atom is -0.468 e. The summed E-state index contributed by atoms with van der Waals surface area (Å²) in [4.78, 5) is 26.7. The minimum atomic E-state index is -4.15. The van der Waals surface area contributed by atoms with Crippen molar-refractivity contribution in [1.82, 2.24) is 4.31 Å². The number of carbonyl (C=O) groups excluding carboxylic acids is 2. The summed E-state index contributed by atoms with van der Waals surface area (Å²) in [5, 5.41) is 0. The molecule has 31 heavy (non-hydrogen) atoms. The molecule has 2 heterocycles. The van der Waals surface area contributed by atoms with Gasteiger partial charge in [-0.15, -0.1) is 0 Å². The Balaban J connectivity index is 1.73. The Hall–Kier alpha value is -2.82. The number of hydrogen-bond acceptors (Lipinski definition) is 5. The van der Waals surface area contributed by atoms with E-state index in [9.17, 15) is 22.4 Å². The molecule has 7 nitrogen and oxygen atoms in total. The van der Waals surface area contributed by atoms with E-state index in [-0.39, 0.29) is 23.5 Å². The molecule has 0 saturated carbocycles. The lowest BCUT2D eigenvalue weighted by molar-refractivity contribution is -0.122. The number of imide groups is 1. The molecular formula is C21H16BrFN2O5S. The van der Waals surface area contributed by atoms with E-state index < -0.39 is 33.7 Å². The van der Waals surface area contributed by atoms with Gasteiger partial charge in [0.2, 0.25) is 15.9 Å². The lowest BCUT2D eigenvalue weighted by atomic mass is 10.2. The van der Waals surface area contributed by atoms with E-state index in [2.05, 4.69) is 15.9 Å². The van der Waals surface area contributed by atoms with E-state index in [1.54, 1.807) is 24.3 Å². The van der Waals surface area contributed by atoms with Crippen molar-refractivity contribution in [2.45, 2.75) is 23.9 Å². The van der Waals surface area contributed by atoms with E-state index in [0.29, 0.717) is 10.2 Å². The number of furan rings is 1. The molecule has 1 aliphatic rings. The molecule has 160 valence electrons. The standard InChI is InChI=1S/C21H16BrFN2O5S/c22-14-3-9-18(10-4-14)31(28,29)24(13-17-2-1-11-30-17)19-12-20(26)25(21(19)27)16-7-5-15(23)6-8-16/h1-11,19H,12-13H2. The number of benzene rings is 2. The van der Waals surface area contributed by atoms with Crippen molar-refractivity contribution in [2.75, 3.05) is 4.90 Å². The first-order valence-electron chi connectivity index (χ1n) is 9.19. The van der Waals surface area contributed by atoms with Gasteiger partial charge >= 0.3 is 0 Å². The normalized spacial score (nSPS) is 17.0. The number of sulfonamides is 1. The highest BCUT2D eigenvalue weighted by Crippen LogP contribution is 2.31. The Kier molecular flexibility index (Phi) is 5.78. The third-order valence-corrected chi connectivity index (χ3v) is 7.26. The second kappa shape index (κ2) is 8.37. The molecule has 0 spiro atoms. The molecule has 0 N–H and O–H groups in total. The van der Waals surface area contributed by atoms with Crippen LogP contribution in [-0.2, 0) is 26.2 Å². The second-order valence-electron chi connectivity index (χ2n) is 6.85. The van der Waals surface area contributed by atoms with Gasteiger partial charge in [0, 0.05) is 4.47 Å². The van der Waals surface area contributed by atoms with Crippen LogP contribution in [0.1, 0.15) is 12.2 Å². The Morgan fingerprint density at radius 1 is 1.06 bits per heavy atom. The molecule has 1 fully saturated rings. The monoisotopic (exact) mass is 506 g/mol. The fourth-order valence-corrected chi connectivity index (χ4v) is 5.18. The first-order valence-corrected chi connectivity index (χ1v) is 11.4. The lowest BCUT2D eigenvalue weighted by Gasteiger charge is -2.26. The summed E-state index contributed by atoms with van der Waals surface area (Å²) in [5.41, 5.74) is 0.179. The maximum Gasteiger partial charge on any atom is 0.252 e. The summed E-state index contributed by atoms with van der Waals surface area (Å²) in [6.45, 7) is -0.230. The van der Waals surface area contributed by atoms with Gasteiger partial charge in [0.15, 0.2) is 0 Å². The Bertz CT molecular complexity index is 1210. The van der Waals surface area contributed by atoms with Crippen LogP contribution in [0.4, 0.5) is 10.1 Å². The van der Waals surface area contributed by atoms with Gasteiger partial charge in [-0.2, -0.15) is 4.31 Å². The van der Waals surface area contributed by atoms with Crippen LogP contribution in [0.5, 0.6) is 0 Å². The molecule has 1 saturated heterocycles. The van der Waals surface area contributed by atoms with Gasteiger partial charge in [0.05, 0.1) is 29.8 Å². The lowest BCUT2D eigenvalue weighted by Crippen LogP contribution is -2.45. The van der Waals surface area contributed by atoms with Crippen LogP contribution < -0.4 is 4.90 Å². The summed E-state index contributed by atoms with van der Waals surface area (Å²) in [5.74, 6) is -1.47. The molecule has 0 bridgehead atoms. The summed E-state index contributed by atoms with van der Waals surface area (Å²) >= 11 is 3.26. The number of nitrogens with zero attached hydrogens (tertiary/aromatic N) is 2. The van der Waals surface area contributed by atoms with Crippen LogP contribution in [0.15, 0.2) is 80.7 Å². The van der Waals surface area contributed by atoms with Gasteiger partial charge in [-0.25, -0.2) is 17.7 Å². The molecule has 10 heteroatoms.